The topological polar surface area (TPSA) is 118 Å². The zero-order chi connectivity index (χ0) is 21.6. The van der Waals surface area contributed by atoms with E-state index in [9.17, 15) is 18.3 Å². The number of rotatable bonds is 4. The maximum absolute atomic E-state index is 13.2. The normalized spacial score (nSPS) is 12.0. The van der Waals surface area contributed by atoms with E-state index in [1.165, 1.54) is 39.3 Å². The molecule has 0 fully saturated rings. The van der Waals surface area contributed by atoms with Crippen molar-refractivity contribution in [2.45, 2.75) is 23.3 Å². The first kappa shape index (κ1) is 20.3. The first-order valence-corrected chi connectivity index (χ1v) is 10.8. The number of pyridine rings is 2. The Morgan fingerprint density at radius 2 is 1.87 bits per heavy atom. The quantitative estimate of drug-likeness (QED) is 0.466. The van der Waals surface area contributed by atoms with Crippen LogP contribution in [-0.2, 0) is 16.4 Å². The average Bonchev–Trinajstić information content (AvgIpc) is 2.71. The molecule has 0 amide bonds. The van der Waals surface area contributed by atoms with E-state index >= 15 is 0 Å². The molecule has 4 aromatic rings. The van der Waals surface area contributed by atoms with Gasteiger partial charge in [-0.05, 0) is 48.9 Å². The molecule has 0 spiro atoms. The molecule has 3 heterocycles. The van der Waals surface area contributed by atoms with Crippen molar-refractivity contribution in [1.29, 1.82) is 5.41 Å². The van der Waals surface area contributed by atoms with E-state index in [0.29, 0.717) is 10.7 Å². The molecular formula is C20H17ClN4O4S. The second kappa shape index (κ2) is 7.35. The van der Waals surface area contributed by atoms with Crippen LogP contribution in [0.2, 0.25) is 5.02 Å². The Bertz CT molecular complexity index is 1520. The molecule has 0 bridgehead atoms. The van der Waals surface area contributed by atoms with E-state index < -0.39 is 15.4 Å². The van der Waals surface area contributed by atoms with Crippen LogP contribution in [0.25, 0.3) is 16.7 Å². The minimum absolute atomic E-state index is 0.0371. The van der Waals surface area contributed by atoms with Crippen LogP contribution in [0.3, 0.4) is 0 Å². The van der Waals surface area contributed by atoms with Crippen LogP contribution in [0.4, 0.5) is 0 Å². The molecule has 10 heteroatoms. The molecule has 0 atom stereocenters. The number of aromatic nitrogens is 3. The van der Waals surface area contributed by atoms with E-state index in [1.54, 1.807) is 25.3 Å². The number of aliphatic hydroxyl groups excluding tert-OH is 1. The Kier molecular flexibility index (Phi) is 4.97. The SMILES string of the molecule is Cc1cccn2c(=O)c3cc(S(=O)(=O)c4ccc(Cl)cc4)c(=N)n(CCO)c3nc12. The summed E-state index contributed by atoms with van der Waals surface area (Å²) in [6, 6.07) is 10.2. The lowest BCUT2D eigenvalue weighted by Crippen LogP contribution is -2.31. The third kappa shape index (κ3) is 3.11. The lowest BCUT2D eigenvalue weighted by molar-refractivity contribution is 0.274. The maximum Gasteiger partial charge on any atom is 0.267 e. The van der Waals surface area contributed by atoms with Crippen molar-refractivity contribution in [2.24, 2.45) is 0 Å². The third-order valence-electron chi connectivity index (χ3n) is 4.84. The van der Waals surface area contributed by atoms with Gasteiger partial charge in [0.25, 0.3) is 5.56 Å². The van der Waals surface area contributed by atoms with Crippen LogP contribution in [0, 0.1) is 12.3 Å². The molecule has 0 aliphatic heterocycles. The first-order valence-electron chi connectivity index (χ1n) is 8.97. The van der Waals surface area contributed by atoms with Crippen LogP contribution < -0.4 is 11.0 Å². The number of hydrogen-bond acceptors (Lipinski definition) is 6. The monoisotopic (exact) mass is 444 g/mol. The fraction of sp³-hybridized carbons (Fsp3) is 0.150. The van der Waals surface area contributed by atoms with E-state index in [4.69, 9.17) is 17.0 Å². The molecule has 3 aromatic heterocycles. The number of hydrogen-bond donors (Lipinski definition) is 2. The minimum Gasteiger partial charge on any atom is -0.395 e. The van der Waals surface area contributed by atoms with Crippen LogP contribution in [0.15, 0.2) is 63.2 Å². The molecule has 4 rings (SSSR count). The average molecular weight is 445 g/mol. The highest BCUT2D eigenvalue weighted by Gasteiger charge is 2.24. The van der Waals surface area contributed by atoms with Gasteiger partial charge in [0.05, 0.1) is 16.9 Å². The molecule has 0 saturated heterocycles. The van der Waals surface area contributed by atoms with E-state index in [-0.39, 0.29) is 39.5 Å². The molecule has 0 radical (unpaired) electrons. The molecule has 2 N–H and O–H groups in total. The summed E-state index contributed by atoms with van der Waals surface area (Å²) in [5.41, 5.74) is 0.462. The zero-order valence-electron chi connectivity index (χ0n) is 15.8. The van der Waals surface area contributed by atoms with Gasteiger partial charge in [-0.2, -0.15) is 0 Å². The van der Waals surface area contributed by atoms with Crippen molar-refractivity contribution in [3.8, 4) is 0 Å². The predicted octanol–water partition coefficient (Wildman–Crippen LogP) is 1.92. The standard InChI is InChI=1S/C20H17ClN4O4S/c1-12-3-2-8-25-18(12)23-19-15(20(25)27)11-16(17(22)24(19)9-10-26)30(28,29)14-6-4-13(21)5-7-14/h2-8,11,22,26H,9-10H2,1H3. The smallest absolute Gasteiger partial charge is 0.267 e. The van der Waals surface area contributed by atoms with Gasteiger partial charge in [0.15, 0.2) is 0 Å². The summed E-state index contributed by atoms with van der Waals surface area (Å²) in [5, 5.41) is 18.4. The van der Waals surface area contributed by atoms with Crippen molar-refractivity contribution in [1.82, 2.24) is 14.0 Å². The number of benzene rings is 1. The highest BCUT2D eigenvalue weighted by molar-refractivity contribution is 7.91. The molecule has 1 aromatic carbocycles. The van der Waals surface area contributed by atoms with Gasteiger partial charge in [-0.3, -0.25) is 14.6 Å². The highest BCUT2D eigenvalue weighted by atomic mass is 35.5. The van der Waals surface area contributed by atoms with Crippen molar-refractivity contribution >= 4 is 38.1 Å². The van der Waals surface area contributed by atoms with E-state index in [0.717, 1.165) is 5.56 Å². The Hall–Kier alpha value is -3.01. The molecular weight excluding hydrogens is 428 g/mol. The maximum atomic E-state index is 13.2. The second-order valence-corrected chi connectivity index (χ2v) is 9.08. The van der Waals surface area contributed by atoms with Gasteiger partial charge < -0.3 is 9.67 Å². The van der Waals surface area contributed by atoms with Crippen molar-refractivity contribution in [3.05, 3.63) is 75.1 Å². The molecule has 0 saturated carbocycles. The predicted molar refractivity (Wildman–Crippen MR) is 112 cm³/mol. The van der Waals surface area contributed by atoms with Gasteiger partial charge in [0, 0.05) is 17.8 Å². The number of nitrogens with one attached hydrogen (secondary N) is 1. The van der Waals surface area contributed by atoms with Gasteiger partial charge >= 0.3 is 0 Å². The summed E-state index contributed by atoms with van der Waals surface area (Å²) >= 11 is 5.86. The van der Waals surface area contributed by atoms with Gasteiger partial charge in [-0.15, -0.1) is 0 Å². The van der Waals surface area contributed by atoms with Gasteiger partial charge in [0.2, 0.25) is 9.84 Å². The summed E-state index contributed by atoms with van der Waals surface area (Å²) in [5.74, 6) is 0. The van der Waals surface area contributed by atoms with Gasteiger partial charge in [0.1, 0.15) is 21.7 Å². The molecule has 0 aliphatic carbocycles. The summed E-state index contributed by atoms with van der Waals surface area (Å²) in [4.78, 5) is 17.2. The lowest BCUT2D eigenvalue weighted by Gasteiger charge is -2.14. The molecule has 0 unspecified atom stereocenters. The van der Waals surface area contributed by atoms with Gasteiger partial charge in [-0.1, -0.05) is 17.7 Å². The Morgan fingerprint density at radius 3 is 2.53 bits per heavy atom. The number of halogens is 1. The summed E-state index contributed by atoms with van der Waals surface area (Å²) in [6.45, 7) is 1.35. The largest absolute Gasteiger partial charge is 0.395 e. The van der Waals surface area contributed by atoms with Crippen LogP contribution in [0.5, 0.6) is 0 Å². The number of sulfone groups is 1. The Labute approximate surface area is 176 Å². The summed E-state index contributed by atoms with van der Waals surface area (Å²) in [6.07, 6.45) is 1.55. The van der Waals surface area contributed by atoms with Crippen molar-refractivity contribution in [3.63, 3.8) is 0 Å². The second-order valence-electron chi connectivity index (χ2n) is 6.73. The molecule has 0 aliphatic rings. The fourth-order valence-electron chi connectivity index (χ4n) is 3.33. The van der Waals surface area contributed by atoms with Gasteiger partial charge in [-0.25, -0.2) is 13.4 Å². The first-order chi connectivity index (χ1) is 14.3. The van der Waals surface area contributed by atoms with Crippen LogP contribution >= 0.6 is 11.6 Å². The molecule has 30 heavy (non-hydrogen) atoms. The van der Waals surface area contributed by atoms with Crippen molar-refractivity contribution < 1.29 is 13.5 Å². The number of fused-ring (bicyclic) bond motifs is 2. The lowest BCUT2D eigenvalue weighted by atomic mass is 10.2. The summed E-state index contributed by atoms with van der Waals surface area (Å²) in [7, 11) is -4.12. The molecule has 154 valence electrons. The molecule has 8 nitrogen and oxygen atoms in total. The number of aliphatic hydroxyl groups is 1. The third-order valence-corrected chi connectivity index (χ3v) is 6.87. The van der Waals surface area contributed by atoms with E-state index in [1.807, 2.05) is 0 Å². The van der Waals surface area contributed by atoms with Crippen molar-refractivity contribution in [2.75, 3.05) is 6.61 Å². The number of aryl methyl sites for hydroxylation is 1. The van der Waals surface area contributed by atoms with Crippen LogP contribution in [-0.4, -0.2) is 34.1 Å². The Morgan fingerprint density at radius 1 is 1.17 bits per heavy atom. The van der Waals surface area contributed by atoms with Crippen LogP contribution in [0.1, 0.15) is 5.56 Å². The highest BCUT2D eigenvalue weighted by Crippen LogP contribution is 2.22. The Balaban J connectivity index is 2.15. The fourth-order valence-corrected chi connectivity index (χ4v) is 4.85. The minimum atomic E-state index is -4.12. The number of nitrogens with zero attached hydrogens (tertiary/aromatic N) is 3. The van der Waals surface area contributed by atoms with E-state index in [2.05, 4.69) is 4.98 Å². The summed E-state index contributed by atoms with van der Waals surface area (Å²) < 4.78 is 29.0. The zero-order valence-corrected chi connectivity index (χ0v) is 17.4.